The highest BCUT2D eigenvalue weighted by molar-refractivity contribution is 5.87. The maximum Gasteiger partial charge on any atom is 0.263 e. The van der Waals surface area contributed by atoms with E-state index in [9.17, 15) is 4.39 Å². The molecule has 23 heavy (non-hydrogen) atoms. The molecule has 118 valence electrons. The number of aryl methyl sites for hydroxylation is 1. The van der Waals surface area contributed by atoms with E-state index in [2.05, 4.69) is 20.0 Å². The van der Waals surface area contributed by atoms with Gasteiger partial charge in [-0.3, -0.25) is 0 Å². The minimum absolute atomic E-state index is 0.256. The van der Waals surface area contributed by atoms with Crippen molar-refractivity contribution in [2.45, 2.75) is 13.0 Å². The maximum absolute atomic E-state index is 14.0. The molecule has 0 saturated carbocycles. The first-order chi connectivity index (χ1) is 11.2. The highest BCUT2D eigenvalue weighted by Gasteiger charge is 2.27. The van der Waals surface area contributed by atoms with Crippen LogP contribution in [0.1, 0.15) is 17.4 Å². The number of nitrogens with zero attached hydrogens (tertiary/aromatic N) is 4. The predicted molar refractivity (Wildman–Crippen MR) is 81.6 cm³/mol. The van der Waals surface area contributed by atoms with Crippen molar-refractivity contribution in [3.63, 3.8) is 0 Å². The summed E-state index contributed by atoms with van der Waals surface area (Å²) in [5.74, 6) is 0.492. The highest BCUT2D eigenvalue weighted by atomic mass is 19.1. The van der Waals surface area contributed by atoms with Crippen LogP contribution >= 0.6 is 0 Å². The first-order valence-corrected chi connectivity index (χ1v) is 7.42. The lowest BCUT2D eigenvalue weighted by Gasteiger charge is -2.34. The zero-order valence-corrected chi connectivity index (χ0v) is 12.6. The van der Waals surface area contributed by atoms with E-state index in [1.165, 1.54) is 12.4 Å². The van der Waals surface area contributed by atoms with Gasteiger partial charge in [-0.1, -0.05) is 23.4 Å². The molecule has 0 N–H and O–H groups in total. The van der Waals surface area contributed by atoms with Crippen molar-refractivity contribution in [1.82, 2.24) is 15.1 Å². The summed E-state index contributed by atoms with van der Waals surface area (Å²) in [6.07, 6.45) is 1.12. The first-order valence-electron chi connectivity index (χ1n) is 7.42. The van der Waals surface area contributed by atoms with Gasteiger partial charge in [-0.15, -0.1) is 0 Å². The number of anilines is 1. The molecule has 1 atom stereocenters. The Morgan fingerprint density at radius 3 is 3.00 bits per heavy atom. The van der Waals surface area contributed by atoms with Gasteiger partial charge in [0.1, 0.15) is 29.5 Å². The quantitative estimate of drug-likeness (QED) is 0.724. The van der Waals surface area contributed by atoms with E-state index in [0.717, 1.165) is 16.9 Å². The predicted octanol–water partition coefficient (Wildman–Crippen LogP) is 2.64. The molecule has 1 aliphatic heterocycles. The van der Waals surface area contributed by atoms with Crippen LogP contribution in [-0.2, 0) is 4.74 Å². The monoisotopic (exact) mass is 314 g/mol. The van der Waals surface area contributed by atoms with Gasteiger partial charge in [-0.2, -0.15) is 4.98 Å². The SMILES string of the molecule is Cc1noc2ncnc(N3CCO[C@H](c4ccccc4F)C3)c12. The zero-order chi connectivity index (χ0) is 15.8. The molecular weight excluding hydrogens is 299 g/mol. The second-order valence-electron chi connectivity index (χ2n) is 5.47. The Bertz CT molecular complexity index is 851. The third kappa shape index (κ3) is 2.43. The fraction of sp³-hybridized carbons (Fsp3) is 0.312. The van der Waals surface area contributed by atoms with E-state index in [1.807, 2.05) is 13.0 Å². The summed E-state index contributed by atoms with van der Waals surface area (Å²) in [5, 5.41) is 4.74. The first kappa shape index (κ1) is 14.1. The van der Waals surface area contributed by atoms with E-state index < -0.39 is 0 Å². The summed E-state index contributed by atoms with van der Waals surface area (Å²) in [6, 6.07) is 6.69. The normalized spacial score (nSPS) is 18.5. The van der Waals surface area contributed by atoms with Crippen LogP contribution < -0.4 is 4.90 Å². The smallest absolute Gasteiger partial charge is 0.263 e. The molecule has 1 aromatic carbocycles. The summed E-state index contributed by atoms with van der Waals surface area (Å²) in [5.41, 5.74) is 1.76. The third-order valence-corrected chi connectivity index (χ3v) is 4.04. The van der Waals surface area contributed by atoms with Gasteiger partial charge in [0.15, 0.2) is 0 Å². The van der Waals surface area contributed by atoms with Gasteiger partial charge in [0.25, 0.3) is 5.71 Å². The molecule has 0 aliphatic carbocycles. The van der Waals surface area contributed by atoms with Crippen LogP contribution in [0.15, 0.2) is 35.1 Å². The number of hydrogen-bond acceptors (Lipinski definition) is 6. The Balaban J connectivity index is 1.69. The van der Waals surface area contributed by atoms with Crippen LogP contribution in [0, 0.1) is 12.7 Å². The number of rotatable bonds is 2. The minimum Gasteiger partial charge on any atom is -0.370 e. The lowest BCUT2D eigenvalue weighted by molar-refractivity contribution is 0.0373. The fourth-order valence-electron chi connectivity index (χ4n) is 2.91. The highest BCUT2D eigenvalue weighted by Crippen LogP contribution is 2.31. The molecule has 0 bridgehead atoms. The van der Waals surface area contributed by atoms with Crippen LogP contribution in [0.4, 0.5) is 10.2 Å². The molecule has 6 nitrogen and oxygen atoms in total. The van der Waals surface area contributed by atoms with Crippen LogP contribution in [0.5, 0.6) is 0 Å². The molecule has 0 unspecified atom stereocenters. The molecule has 0 radical (unpaired) electrons. The molecule has 4 rings (SSSR count). The third-order valence-electron chi connectivity index (χ3n) is 4.04. The summed E-state index contributed by atoms with van der Waals surface area (Å²) in [4.78, 5) is 10.5. The van der Waals surface area contributed by atoms with Gasteiger partial charge in [0, 0.05) is 18.7 Å². The number of benzene rings is 1. The average Bonchev–Trinajstić information content (AvgIpc) is 2.97. The molecule has 1 fully saturated rings. The summed E-state index contributed by atoms with van der Waals surface area (Å²) in [6.45, 7) is 3.53. The lowest BCUT2D eigenvalue weighted by atomic mass is 10.1. The molecule has 3 aromatic rings. The van der Waals surface area contributed by atoms with E-state index in [1.54, 1.807) is 12.1 Å². The van der Waals surface area contributed by atoms with Gasteiger partial charge in [-0.05, 0) is 13.0 Å². The van der Waals surface area contributed by atoms with Gasteiger partial charge in [0.2, 0.25) is 0 Å². The average molecular weight is 314 g/mol. The number of hydrogen-bond donors (Lipinski definition) is 0. The van der Waals surface area contributed by atoms with Gasteiger partial charge in [0.05, 0.1) is 12.3 Å². The number of halogens is 1. The van der Waals surface area contributed by atoms with E-state index in [-0.39, 0.29) is 11.9 Å². The van der Waals surface area contributed by atoms with Crippen molar-refractivity contribution in [2.24, 2.45) is 0 Å². The number of aromatic nitrogens is 3. The standard InChI is InChI=1S/C16H15FN4O2/c1-10-14-15(18-9-19-16(14)23-20-10)21-6-7-22-13(8-21)11-4-2-3-5-12(11)17/h2-5,9,13H,6-8H2,1H3/t13-/m0/s1. The Labute approximate surface area is 131 Å². The van der Waals surface area contributed by atoms with E-state index in [4.69, 9.17) is 9.26 Å². The minimum atomic E-state index is -0.338. The number of morpholine rings is 1. The van der Waals surface area contributed by atoms with Crippen LogP contribution in [-0.4, -0.2) is 34.8 Å². The largest absolute Gasteiger partial charge is 0.370 e. The Kier molecular flexibility index (Phi) is 3.42. The molecule has 1 saturated heterocycles. The Hall–Kier alpha value is -2.54. The molecule has 2 aromatic heterocycles. The molecule has 3 heterocycles. The van der Waals surface area contributed by atoms with Crippen molar-refractivity contribution < 1.29 is 13.7 Å². The molecule has 0 amide bonds. The second kappa shape index (κ2) is 5.58. The molecule has 1 aliphatic rings. The van der Waals surface area contributed by atoms with Crippen LogP contribution in [0.25, 0.3) is 11.1 Å². The van der Waals surface area contributed by atoms with Gasteiger partial charge >= 0.3 is 0 Å². The fourth-order valence-corrected chi connectivity index (χ4v) is 2.91. The van der Waals surface area contributed by atoms with Gasteiger partial charge < -0.3 is 14.2 Å². The summed E-state index contributed by atoms with van der Waals surface area (Å²) >= 11 is 0. The van der Waals surface area contributed by atoms with Gasteiger partial charge in [-0.25, -0.2) is 9.37 Å². The van der Waals surface area contributed by atoms with Crippen molar-refractivity contribution in [1.29, 1.82) is 0 Å². The van der Waals surface area contributed by atoms with Crippen LogP contribution in [0.3, 0.4) is 0 Å². The van der Waals surface area contributed by atoms with Crippen LogP contribution in [0.2, 0.25) is 0 Å². The number of fused-ring (bicyclic) bond motifs is 1. The number of ether oxygens (including phenoxy) is 1. The van der Waals surface area contributed by atoms with Crippen molar-refractivity contribution in [2.75, 3.05) is 24.6 Å². The van der Waals surface area contributed by atoms with Crippen molar-refractivity contribution >= 4 is 16.9 Å². The van der Waals surface area contributed by atoms with E-state index in [0.29, 0.717) is 31.0 Å². The summed E-state index contributed by atoms with van der Waals surface area (Å²) in [7, 11) is 0. The summed E-state index contributed by atoms with van der Waals surface area (Å²) < 4.78 is 25.0. The zero-order valence-electron chi connectivity index (χ0n) is 12.6. The van der Waals surface area contributed by atoms with Crippen molar-refractivity contribution in [3.8, 4) is 0 Å². The molecular formula is C16H15FN4O2. The van der Waals surface area contributed by atoms with Crippen molar-refractivity contribution in [3.05, 3.63) is 47.7 Å². The second-order valence-corrected chi connectivity index (χ2v) is 5.47. The molecule has 0 spiro atoms. The Morgan fingerprint density at radius 2 is 2.13 bits per heavy atom. The van der Waals surface area contributed by atoms with E-state index >= 15 is 0 Å². The Morgan fingerprint density at radius 1 is 1.26 bits per heavy atom. The maximum atomic E-state index is 14.0. The molecule has 7 heteroatoms. The topological polar surface area (TPSA) is 64.3 Å². The lowest BCUT2D eigenvalue weighted by Crippen LogP contribution is -2.39.